The van der Waals surface area contributed by atoms with Crippen molar-refractivity contribution in [1.82, 2.24) is 10.6 Å². The number of fused-ring (bicyclic) bond motifs is 1. The van der Waals surface area contributed by atoms with E-state index in [9.17, 15) is 9.59 Å². The summed E-state index contributed by atoms with van der Waals surface area (Å²) in [6.07, 6.45) is 4.51. The van der Waals surface area contributed by atoms with E-state index in [0.717, 1.165) is 19.3 Å². The molecule has 0 bridgehead atoms. The number of methoxy groups -OCH3 is 1. The van der Waals surface area contributed by atoms with Crippen LogP contribution in [0.5, 0.6) is 5.75 Å². The molecule has 0 aromatic heterocycles. The van der Waals surface area contributed by atoms with Gasteiger partial charge in [-0.15, -0.1) is 0 Å². The molecule has 23 heavy (non-hydrogen) atoms. The summed E-state index contributed by atoms with van der Waals surface area (Å²) >= 11 is 0. The fourth-order valence-corrected chi connectivity index (χ4v) is 3.41. The molecule has 1 aliphatic carbocycles. The van der Waals surface area contributed by atoms with Crippen LogP contribution >= 0.6 is 0 Å². The molecule has 0 spiro atoms. The standard InChI is InChI=1S/C17H23N3O3/c1-23-15-9-5-4-8-13(15)19-16(21)10-14-17(22)20-12-7-3-2-6-11(12)18-14/h4-5,8-9,11-12,14,18H,2-3,6-7,10H2,1H3,(H,19,21)(H,20,22)/t11-,12-,14+/m0/s1. The van der Waals surface area contributed by atoms with Crippen molar-refractivity contribution in [2.24, 2.45) is 0 Å². The van der Waals surface area contributed by atoms with E-state index in [1.807, 2.05) is 12.1 Å². The number of para-hydroxylation sites is 2. The molecular weight excluding hydrogens is 294 g/mol. The van der Waals surface area contributed by atoms with Crippen LogP contribution in [0.2, 0.25) is 0 Å². The van der Waals surface area contributed by atoms with E-state index in [2.05, 4.69) is 16.0 Å². The summed E-state index contributed by atoms with van der Waals surface area (Å²) in [5.74, 6) is 0.328. The quantitative estimate of drug-likeness (QED) is 0.785. The van der Waals surface area contributed by atoms with Crippen LogP contribution in [0.1, 0.15) is 32.1 Å². The van der Waals surface area contributed by atoms with Crippen LogP contribution in [0, 0.1) is 0 Å². The predicted molar refractivity (Wildman–Crippen MR) is 87.4 cm³/mol. The molecule has 1 aliphatic heterocycles. The van der Waals surface area contributed by atoms with Crippen LogP contribution in [0.15, 0.2) is 24.3 Å². The summed E-state index contributed by atoms with van der Waals surface area (Å²) in [5, 5.41) is 9.22. The van der Waals surface area contributed by atoms with Gasteiger partial charge in [-0.2, -0.15) is 0 Å². The Bertz CT molecular complexity index is 590. The van der Waals surface area contributed by atoms with E-state index >= 15 is 0 Å². The van der Waals surface area contributed by atoms with Gasteiger partial charge >= 0.3 is 0 Å². The average Bonchev–Trinajstić information content (AvgIpc) is 2.56. The van der Waals surface area contributed by atoms with Crippen LogP contribution in [0.3, 0.4) is 0 Å². The minimum absolute atomic E-state index is 0.0803. The van der Waals surface area contributed by atoms with Gasteiger partial charge in [-0.3, -0.25) is 9.59 Å². The summed E-state index contributed by atoms with van der Waals surface area (Å²) < 4.78 is 5.22. The lowest BCUT2D eigenvalue weighted by Gasteiger charge is -2.40. The zero-order valence-electron chi connectivity index (χ0n) is 13.3. The van der Waals surface area contributed by atoms with Crippen molar-refractivity contribution in [3.05, 3.63) is 24.3 Å². The number of amides is 2. The number of carbonyl (C=O) groups is 2. The van der Waals surface area contributed by atoms with Crippen molar-refractivity contribution < 1.29 is 14.3 Å². The Hall–Kier alpha value is -2.08. The molecule has 1 saturated carbocycles. The van der Waals surface area contributed by atoms with Gasteiger partial charge in [0.15, 0.2) is 0 Å². The average molecular weight is 317 g/mol. The lowest BCUT2D eigenvalue weighted by Crippen LogP contribution is -2.65. The van der Waals surface area contributed by atoms with Gasteiger partial charge in [0.1, 0.15) is 5.75 Å². The summed E-state index contributed by atoms with van der Waals surface area (Å²) in [6.45, 7) is 0. The predicted octanol–water partition coefficient (Wildman–Crippen LogP) is 1.42. The van der Waals surface area contributed by atoms with Crippen LogP contribution in [-0.4, -0.2) is 37.0 Å². The lowest BCUT2D eigenvalue weighted by atomic mass is 9.87. The zero-order valence-corrected chi connectivity index (χ0v) is 13.3. The molecule has 2 aliphatic rings. The highest BCUT2D eigenvalue weighted by Crippen LogP contribution is 2.24. The minimum atomic E-state index is -0.468. The van der Waals surface area contributed by atoms with Crippen molar-refractivity contribution in [3.8, 4) is 5.75 Å². The Morgan fingerprint density at radius 1 is 1.26 bits per heavy atom. The van der Waals surface area contributed by atoms with Crippen LogP contribution < -0.4 is 20.7 Å². The van der Waals surface area contributed by atoms with Gasteiger partial charge in [-0.1, -0.05) is 25.0 Å². The SMILES string of the molecule is COc1ccccc1NC(=O)C[C@H]1N[C@H]2CCCC[C@@H]2NC1=O. The van der Waals surface area contributed by atoms with Gasteiger partial charge in [-0.25, -0.2) is 0 Å². The number of carbonyl (C=O) groups excluding carboxylic acids is 2. The third-order valence-corrected chi connectivity index (χ3v) is 4.60. The lowest BCUT2D eigenvalue weighted by molar-refractivity contribution is -0.129. The Labute approximate surface area is 136 Å². The van der Waals surface area contributed by atoms with Crippen molar-refractivity contribution in [2.75, 3.05) is 12.4 Å². The minimum Gasteiger partial charge on any atom is -0.495 e. The number of ether oxygens (including phenoxy) is 1. The monoisotopic (exact) mass is 317 g/mol. The molecule has 0 unspecified atom stereocenters. The van der Waals surface area contributed by atoms with E-state index in [1.165, 1.54) is 6.42 Å². The molecule has 2 amide bonds. The van der Waals surface area contributed by atoms with Crippen molar-refractivity contribution in [3.63, 3.8) is 0 Å². The highest BCUT2D eigenvalue weighted by molar-refractivity contribution is 5.96. The highest BCUT2D eigenvalue weighted by Gasteiger charge is 2.36. The molecule has 6 heteroatoms. The molecule has 124 valence electrons. The van der Waals surface area contributed by atoms with Crippen LogP contribution in [0.25, 0.3) is 0 Å². The van der Waals surface area contributed by atoms with Crippen molar-refractivity contribution in [1.29, 1.82) is 0 Å². The molecule has 6 nitrogen and oxygen atoms in total. The van der Waals surface area contributed by atoms with Gasteiger partial charge in [0.05, 0.1) is 25.3 Å². The van der Waals surface area contributed by atoms with E-state index < -0.39 is 6.04 Å². The Balaban J connectivity index is 1.60. The first-order valence-corrected chi connectivity index (χ1v) is 8.16. The fraction of sp³-hybridized carbons (Fsp3) is 0.529. The van der Waals surface area contributed by atoms with Gasteiger partial charge < -0.3 is 20.7 Å². The Morgan fingerprint density at radius 2 is 2.00 bits per heavy atom. The second-order valence-electron chi connectivity index (χ2n) is 6.18. The van der Waals surface area contributed by atoms with Crippen LogP contribution in [0.4, 0.5) is 5.69 Å². The number of anilines is 1. The Morgan fingerprint density at radius 3 is 2.78 bits per heavy atom. The summed E-state index contributed by atoms with van der Waals surface area (Å²) in [7, 11) is 1.56. The largest absolute Gasteiger partial charge is 0.495 e. The molecule has 1 saturated heterocycles. The second kappa shape index (κ2) is 7.00. The fourth-order valence-electron chi connectivity index (χ4n) is 3.41. The maximum atomic E-state index is 12.3. The summed E-state index contributed by atoms with van der Waals surface area (Å²) in [4.78, 5) is 24.4. The molecular formula is C17H23N3O3. The van der Waals surface area contributed by atoms with Gasteiger partial charge in [0.2, 0.25) is 11.8 Å². The first-order chi connectivity index (χ1) is 11.2. The van der Waals surface area contributed by atoms with E-state index in [1.54, 1.807) is 19.2 Å². The first kappa shape index (κ1) is 15.8. The number of hydrogen-bond acceptors (Lipinski definition) is 4. The molecule has 0 radical (unpaired) electrons. The summed E-state index contributed by atoms with van der Waals surface area (Å²) in [6, 6.07) is 7.26. The van der Waals surface area contributed by atoms with Crippen molar-refractivity contribution >= 4 is 17.5 Å². The third-order valence-electron chi connectivity index (χ3n) is 4.60. The van der Waals surface area contributed by atoms with Gasteiger partial charge in [0, 0.05) is 12.1 Å². The van der Waals surface area contributed by atoms with Crippen LogP contribution in [-0.2, 0) is 9.59 Å². The molecule has 1 aromatic carbocycles. The Kier molecular flexibility index (Phi) is 4.81. The zero-order chi connectivity index (χ0) is 16.2. The number of nitrogens with one attached hydrogen (secondary N) is 3. The first-order valence-electron chi connectivity index (χ1n) is 8.16. The van der Waals surface area contributed by atoms with Gasteiger partial charge in [-0.05, 0) is 25.0 Å². The topological polar surface area (TPSA) is 79.5 Å². The molecule has 3 N–H and O–H groups in total. The molecule has 1 heterocycles. The summed E-state index contributed by atoms with van der Waals surface area (Å²) in [5.41, 5.74) is 0.617. The maximum absolute atomic E-state index is 12.3. The molecule has 1 aromatic rings. The number of benzene rings is 1. The molecule has 3 atom stereocenters. The number of rotatable bonds is 4. The molecule has 3 rings (SSSR count). The molecule has 2 fully saturated rings. The van der Waals surface area contributed by atoms with Gasteiger partial charge in [0.25, 0.3) is 0 Å². The smallest absolute Gasteiger partial charge is 0.237 e. The maximum Gasteiger partial charge on any atom is 0.237 e. The second-order valence-corrected chi connectivity index (χ2v) is 6.18. The van der Waals surface area contributed by atoms with E-state index in [4.69, 9.17) is 4.74 Å². The van der Waals surface area contributed by atoms with E-state index in [-0.39, 0.29) is 30.3 Å². The van der Waals surface area contributed by atoms with E-state index in [0.29, 0.717) is 11.4 Å². The highest BCUT2D eigenvalue weighted by atomic mass is 16.5. The third kappa shape index (κ3) is 3.64. The normalized spacial score (nSPS) is 26.8. The number of piperazine rings is 1. The number of hydrogen-bond donors (Lipinski definition) is 3. The van der Waals surface area contributed by atoms with Crippen molar-refractivity contribution in [2.45, 2.75) is 50.2 Å².